The van der Waals surface area contributed by atoms with Crippen LogP contribution in [-0.2, 0) is 10.0 Å². The molecule has 6 nitrogen and oxygen atoms in total. The van der Waals surface area contributed by atoms with E-state index in [9.17, 15) is 17.6 Å². The Labute approximate surface area is 131 Å². The second-order valence-electron chi connectivity index (χ2n) is 4.68. The number of nitrogens with one attached hydrogen (secondary N) is 1. The molecule has 0 heterocycles. The summed E-state index contributed by atoms with van der Waals surface area (Å²) in [4.78, 5) is 10.5. The third-order valence-corrected chi connectivity index (χ3v) is 4.58. The van der Waals surface area contributed by atoms with Gasteiger partial charge in [0.15, 0.2) is 0 Å². The van der Waals surface area contributed by atoms with Crippen LogP contribution >= 0.6 is 0 Å². The van der Waals surface area contributed by atoms with Crippen LogP contribution in [0.2, 0.25) is 0 Å². The number of nitrogens with zero attached hydrogens (tertiary/aromatic N) is 1. The summed E-state index contributed by atoms with van der Waals surface area (Å²) in [5, 5.41) is 17.7. The largest absolute Gasteiger partial charge is 0.478 e. The highest BCUT2D eigenvalue weighted by Crippen LogP contribution is 2.23. The molecule has 0 bridgehead atoms. The van der Waals surface area contributed by atoms with Gasteiger partial charge in [-0.25, -0.2) is 17.6 Å². The van der Waals surface area contributed by atoms with E-state index in [1.54, 1.807) is 0 Å². The summed E-state index contributed by atoms with van der Waals surface area (Å²) in [5.41, 5.74) is -0.310. The minimum atomic E-state index is -4.21. The summed E-state index contributed by atoms with van der Waals surface area (Å²) in [6, 6.07) is 9.22. The summed E-state index contributed by atoms with van der Waals surface area (Å²) >= 11 is 0. The van der Waals surface area contributed by atoms with E-state index in [1.165, 1.54) is 31.2 Å². The van der Waals surface area contributed by atoms with Gasteiger partial charge in [0.1, 0.15) is 5.82 Å². The van der Waals surface area contributed by atoms with Crippen LogP contribution in [0.15, 0.2) is 41.3 Å². The van der Waals surface area contributed by atoms with Gasteiger partial charge in [-0.1, -0.05) is 6.07 Å². The van der Waals surface area contributed by atoms with Crippen molar-refractivity contribution in [2.24, 2.45) is 0 Å². The second-order valence-corrected chi connectivity index (χ2v) is 6.34. The Morgan fingerprint density at radius 3 is 2.61 bits per heavy atom. The molecule has 2 N–H and O–H groups in total. The number of rotatable bonds is 4. The summed E-state index contributed by atoms with van der Waals surface area (Å²) in [7, 11) is -4.21. The monoisotopic (exact) mass is 334 g/mol. The maximum atomic E-state index is 13.8. The van der Waals surface area contributed by atoms with Gasteiger partial charge in [-0.15, -0.1) is 0 Å². The topological polar surface area (TPSA) is 107 Å². The number of aromatic carboxylic acids is 1. The smallest absolute Gasteiger partial charge is 0.335 e. The van der Waals surface area contributed by atoms with Crippen LogP contribution in [0.4, 0.5) is 10.1 Å². The van der Waals surface area contributed by atoms with Crippen molar-refractivity contribution < 1.29 is 22.7 Å². The molecule has 0 fully saturated rings. The quantitative estimate of drug-likeness (QED) is 0.893. The van der Waals surface area contributed by atoms with Crippen molar-refractivity contribution in [3.05, 3.63) is 58.9 Å². The van der Waals surface area contributed by atoms with E-state index in [0.29, 0.717) is 0 Å². The van der Waals surface area contributed by atoms with Crippen molar-refractivity contribution in [2.45, 2.75) is 11.8 Å². The zero-order chi connectivity index (χ0) is 17.2. The third-order valence-electron chi connectivity index (χ3n) is 3.08. The highest BCUT2D eigenvalue weighted by molar-refractivity contribution is 7.92. The zero-order valence-corrected chi connectivity index (χ0v) is 12.7. The lowest BCUT2D eigenvalue weighted by atomic mass is 10.1. The molecule has 8 heteroatoms. The van der Waals surface area contributed by atoms with E-state index in [1.807, 2.05) is 6.07 Å². The van der Waals surface area contributed by atoms with Gasteiger partial charge in [0.2, 0.25) is 0 Å². The lowest BCUT2D eigenvalue weighted by Gasteiger charge is -2.12. The molecule has 0 amide bonds. The van der Waals surface area contributed by atoms with Gasteiger partial charge in [0, 0.05) is 5.56 Å². The van der Waals surface area contributed by atoms with Crippen LogP contribution in [0.5, 0.6) is 0 Å². The van der Waals surface area contributed by atoms with Gasteiger partial charge < -0.3 is 5.11 Å². The van der Waals surface area contributed by atoms with Crippen molar-refractivity contribution in [2.75, 3.05) is 4.72 Å². The van der Waals surface area contributed by atoms with Gasteiger partial charge in [-0.3, -0.25) is 4.72 Å². The molecule has 0 saturated carbocycles. The fourth-order valence-electron chi connectivity index (χ4n) is 1.92. The Morgan fingerprint density at radius 2 is 2.00 bits per heavy atom. The van der Waals surface area contributed by atoms with E-state index < -0.39 is 32.3 Å². The number of sulfonamides is 1. The molecule has 2 rings (SSSR count). The highest BCUT2D eigenvalue weighted by atomic mass is 32.2. The molecule has 0 aliphatic heterocycles. The number of halogens is 1. The molecule has 118 valence electrons. The van der Waals surface area contributed by atoms with Crippen molar-refractivity contribution in [1.29, 1.82) is 5.26 Å². The molecule has 0 saturated heterocycles. The Balaban J connectivity index is 2.51. The van der Waals surface area contributed by atoms with Gasteiger partial charge in [0.25, 0.3) is 10.0 Å². The molecule has 2 aromatic rings. The number of nitriles is 1. The van der Waals surface area contributed by atoms with Crippen molar-refractivity contribution in [3.8, 4) is 6.07 Å². The molecule has 2 aromatic carbocycles. The van der Waals surface area contributed by atoms with E-state index in [-0.39, 0.29) is 16.8 Å². The Kier molecular flexibility index (Phi) is 4.33. The summed E-state index contributed by atoms with van der Waals surface area (Å²) < 4.78 is 40.8. The number of hydrogen-bond donors (Lipinski definition) is 2. The van der Waals surface area contributed by atoms with E-state index in [2.05, 4.69) is 4.72 Å². The van der Waals surface area contributed by atoms with Crippen LogP contribution in [0.25, 0.3) is 0 Å². The van der Waals surface area contributed by atoms with E-state index in [4.69, 9.17) is 10.4 Å². The summed E-state index contributed by atoms with van der Waals surface area (Å²) in [5.74, 6) is -2.37. The first-order chi connectivity index (χ1) is 10.7. The highest BCUT2D eigenvalue weighted by Gasteiger charge is 2.22. The first kappa shape index (κ1) is 16.5. The van der Waals surface area contributed by atoms with E-state index in [0.717, 1.165) is 12.1 Å². The number of carboxylic acid groups (broad SMARTS) is 1. The molecule has 0 atom stereocenters. The standard InChI is InChI=1S/C15H11FN2O4S/c1-9-13(16)6-11(15(19)20)7-14(9)23(21,22)18-12-4-2-3-10(5-12)8-17/h2-7,18H,1H3,(H,19,20). The van der Waals surface area contributed by atoms with Gasteiger partial charge in [0.05, 0.1) is 27.8 Å². The van der Waals surface area contributed by atoms with Crippen molar-refractivity contribution >= 4 is 21.7 Å². The number of carboxylic acids is 1. The fraction of sp³-hybridized carbons (Fsp3) is 0.0667. The first-order valence-corrected chi connectivity index (χ1v) is 7.79. The zero-order valence-electron chi connectivity index (χ0n) is 11.9. The Hall–Kier alpha value is -2.92. The van der Waals surface area contributed by atoms with Crippen LogP contribution < -0.4 is 4.72 Å². The van der Waals surface area contributed by atoms with Crippen LogP contribution in [0, 0.1) is 24.1 Å². The van der Waals surface area contributed by atoms with Crippen LogP contribution in [-0.4, -0.2) is 19.5 Å². The molecule has 0 aliphatic carbocycles. The molecular weight excluding hydrogens is 323 g/mol. The molecule has 23 heavy (non-hydrogen) atoms. The van der Waals surface area contributed by atoms with Gasteiger partial charge in [-0.05, 0) is 37.3 Å². The van der Waals surface area contributed by atoms with Crippen molar-refractivity contribution in [3.63, 3.8) is 0 Å². The molecule has 0 unspecified atom stereocenters. The maximum Gasteiger partial charge on any atom is 0.335 e. The number of carbonyl (C=O) groups is 1. The normalized spacial score (nSPS) is 10.8. The predicted molar refractivity (Wildman–Crippen MR) is 80.1 cm³/mol. The number of hydrogen-bond acceptors (Lipinski definition) is 4. The molecule has 0 radical (unpaired) electrons. The third kappa shape index (κ3) is 3.46. The van der Waals surface area contributed by atoms with Gasteiger partial charge >= 0.3 is 5.97 Å². The van der Waals surface area contributed by atoms with Crippen LogP contribution in [0.1, 0.15) is 21.5 Å². The number of benzene rings is 2. The lowest BCUT2D eigenvalue weighted by molar-refractivity contribution is 0.0696. The van der Waals surface area contributed by atoms with Crippen LogP contribution in [0.3, 0.4) is 0 Å². The molecule has 0 aromatic heterocycles. The average molecular weight is 334 g/mol. The number of anilines is 1. The predicted octanol–water partition coefficient (Wildman–Crippen LogP) is 2.50. The van der Waals surface area contributed by atoms with E-state index >= 15 is 0 Å². The van der Waals surface area contributed by atoms with Gasteiger partial charge in [-0.2, -0.15) is 5.26 Å². The lowest BCUT2D eigenvalue weighted by Crippen LogP contribution is -2.16. The maximum absolute atomic E-state index is 13.8. The summed E-state index contributed by atoms with van der Waals surface area (Å²) in [6.45, 7) is 1.24. The molecule has 0 aliphatic rings. The Morgan fingerprint density at radius 1 is 1.30 bits per heavy atom. The summed E-state index contributed by atoms with van der Waals surface area (Å²) in [6.07, 6.45) is 0. The molecular formula is C15H11FN2O4S. The average Bonchev–Trinajstić information content (AvgIpc) is 2.49. The van der Waals surface area contributed by atoms with Crippen molar-refractivity contribution in [1.82, 2.24) is 0 Å². The second kappa shape index (κ2) is 6.06. The molecule has 0 spiro atoms. The minimum absolute atomic E-state index is 0.115. The first-order valence-electron chi connectivity index (χ1n) is 6.31. The fourth-order valence-corrected chi connectivity index (χ4v) is 3.25. The SMILES string of the molecule is Cc1c(F)cc(C(=O)O)cc1S(=O)(=O)Nc1cccc(C#N)c1. The Bertz CT molecular complexity index is 933. The minimum Gasteiger partial charge on any atom is -0.478 e.